The zero-order chi connectivity index (χ0) is 22.5. The van der Waals surface area contributed by atoms with E-state index in [9.17, 15) is 9.90 Å². The molecule has 2 N–H and O–H groups in total. The minimum atomic E-state index is -1.18. The molecule has 3 atom stereocenters. The molecule has 31 heavy (non-hydrogen) atoms. The lowest BCUT2D eigenvalue weighted by molar-refractivity contribution is -0.166. The topological polar surface area (TPSA) is 80.8 Å². The van der Waals surface area contributed by atoms with E-state index in [0.717, 1.165) is 0 Å². The van der Waals surface area contributed by atoms with E-state index in [-0.39, 0.29) is 6.61 Å². The summed E-state index contributed by atoms with van der Waals surface area (Å²) in [4.78, 5) is 15.5. The van der Waals surface area contributed by atoms with Crippen molar-refractivity contribution in [2.75, 3.05) is 6.61 Å². The first-order valence-electron chi connectivity index (χ1n) is 10.2. The Labute approximate surface area is 187 Å². The van der Waals surface area contributed by atoms with Gasteiger partial charge in [-0.05, 0) is 63.3 Å². The average molecular weight is 446 g/mol. The molecule has 1 aliphatic rings. The molecule has 1 aromatic heterocycles. The van der Waals surface area contributed by atoms with Crippen molar-refractivity contribution in [2.24, 2.45) is 5.41 Å². The molecule has 2 aromatic rings. The molecule has 0 amide bonds. The van der Waals surface area contributed by atoms with Crippen LogP contribution in [0.4, 0.5) is 0 Å². The van der Waals surface area contributed by atoms with E-state index in [2.05, 4.69) is 4.98 Å². The van der Waals surface area contributed by atoms with Gasteiger partial charge >= 0.3 is 5.97 Å². The number of esters is 1. The predicted octanol–water partition coefficient (Wildman–Crippen LogP) is 4.88. The molecule has 0 fully saturated rings. The maximum atomic E-state index is 12.4. The van der Waals surface area contributed by atoms with Gasteiger partial charge in [0.2, 0.25) is 5.06 Å². The molecule has 3 rings (SSSR count). The van der Waals surface area contributed by atoms with Gasteiger partial charge in [0.1, 0.15) is 17.6 Å². The molecule has 0 spiro atoms. The molecular formula is C24H28ClNO5. The molecule has 0 saturated carbocycles. The predicted molar refractivity (Wildman–Crippen MR) is 119 cm³/mol. The summed E-state index contributed by atoms with van der Waals surface area (Å²) in [7, 11) is 0. The highest BCUT2D eigenvalue weighted by Gasteiger charge is 2.44. The van der Waals surface area contributed by atoms with E-state index in [4.69, 9.17) is 25.8 Å². The Balaban J connectivity index is 1.75. The summed E-state index contributed by atoms with van der Waals surface area (Å²) in [5, 5.41) is 10.1. The Morgan fingerprint density at radius 3 is 2.58 bits per heavy atom. The van der Waals surface area contributed by atoms with Crippen LogP contribution in [0.3, 0.4) is 0 Å². The largest absolute Gasteiger partial charge is 0.482 e. The van der Waals surface area contributed by atoms with Crippen LogP contribution in [0.1, 0.15) is 39.0 Å². The maximum absolute atomic E-state index is 12.4. The van der Waals surface area contributed by atoms with Gasteiger partial charge in [0, 0.05) is 12.6 Å². The number of aliphatic hydroxyl groups is 1. The average Bonchev–Trinajstić information content (AvgIpc) is 3.28. The molecule has 166 valence electrons. The summed E-state index contributed by atoms with van der Waals surface area (Å²) in [6, 6.07) is 12.9. The van der Waals surface area contributed by atoms with Crippen LogP contribution in [0.25, 0.3) is 0 Å². The molecule has 0 aliphatic heterocycles. The number of rotatable bonds is 9. The van der Waals surface area contributed by atoms with Gasteiger partial charge in [-0.15, -0.1) is 0 Å². The smallest absolute Gasteiger partial charge is 0.314 e. The number of para-hydroxylation sites is 1. The van der Waals surface area contributed by atoms with Crippen LogP contribution in [0.2, 0.25) is 0 Å². The minimum Gasteiger partial charge on any atom is -0.482 e. The van der Waals surface area contributed by atoms with Crippen molar-refractivity contribution in [3.05, 3.63) is 78.3 Å². The van der Waals surface area contributed by atoms with Crippen LogP contribution in [-0.2, 0) is 14.3 Å². The van der Waals surface area contributed by atoms with Gasteiger partial charge in [-0.25, -0.2) is 0 Å². The Morgan fingerprint density at radius 1 is 1.26 bits per heavy atom. The summed E-state index contributed by atoms with van der Waals surface area (Å²) in [5.41, 5.74) is -0.542. The number of alkyl halides is 1. The van der Waals surface area contributed by atoms with Crippen LogP contribution in [-0.4, -0.2) is 33.8 Å². The Hall–Kier alpha value is -2.70. The lowest BCUT2D eigenvalue weighted by Gasteiger charge is -2.34. The van der Waals surface area contributed by atoms with Crippen molar-refractivity contribution in [1.82, 2.24) is 4.98 Å². The highest BCUT2D eigenvalue weighted by molar-refractivity contribution is 6.24. The highest BCUT2D eigenvalue weighted by Crippen LogP contribution is 2.37. The number of aromatic nitrogens is 1. The molecule has 1 aliphatic carbocycles. The third-order valence-electron chi connectivity index (χ3n) is 5.13. The van der Waals surface area contributed by atoms with Gasteiger partial charge < -0.3 is 24.3 Å². The van der Waals surface area contributed by atoms with Crippen molar-refractivity contribution in [3.8, 4) is 5.75 Å². The molecule has 1 aromatic carbocycles. The van der Waals surface area contributed by atoms with Crippen LogP contribution in [0.15, 0.2) is 72.6 Å². The second-order valence-corrected chi connectivity index (χ2v) is 8.54. The number of aliphatic hydroxyl groups excluding tert-OH is 1. The number of aromatic amines is 1. The first-order chi connectivity index (χ1) is 14.7. The summed E-state index contributed by atoms with van der Waals surface area (Å²) in [6.07, 6.45) is 5.34. The fraction of sp³-hybridized carbons (Fsp3) is 0.375. The third-order valence-corrected chi connectivity index (χ3v) is 5.49. The number of carbonyl (C=O) groups is 1. The van der Waals surface area contributed by atoms with Gasteiger partial charge in [0.05, 0.1) is 17.7 Å². The number of ether oxygens (including phenoxy) is 3. The lowest BCUT2D eigenvalue weighted by atomic mass is 9.82. The molecule has 6 nitrogen and oxygen atoms in total. The van der Waals surface area contributed by atoms with Gasteiger partial charge in [-0.3, -0.25) is 4.79 Å². The number of halogens is 1. The van der Waals surface area contributed by atoms with Crippen molar-refractivity contribution < 1.29 is 24.1 Å². The SMILES string of the molecule is CCOC(=O)C(C)(C)C(O)C(OC1=CCC(Cl)(Oc2ccccc2)C=C1)c1ccc[nH]1. The Morgan fingerprint density at radius 2 is 2.00 bits per heavy atom. The van der Waals surface area contributed by atoms with Gasteiger partial charge in [-0.1, -0.05) is 29.8 Å². The number of allylic oxidation sites excluding steroid dienone is 1. The van der Waals surface area contributed by atoms with Crippen LogP contribution >= 0.6 is 11.6 Å². The Kier molecular flexibility index (Phi) is 7.13. The quantitative estimate of drug-likeness (QED) is 0.424. The number of hydrogen-bond donors (Lipinski definition) is 2. The number of nitrogens with one attached hydrogen (secondary N) is 1. The molecule has 0 bridgehead atoms. The van der Waals surface area contributed by atoms with E-state index < -0.39 is 28.7 Å². The number of benzene rings is 1. The van der Waals surface area contributed by atoms with Crippen molar-refractivity contribution >= 4 is 17.6 Å². The zero-order valence-corrected chi connectivity index (χ0v) is 18.6. The van der Waals surface area contributed by atoms with Crippen LogP contribution in [0, 0.1) is 5.41 Å². The fourth-order valence-corrected chi connectivity index (χ4v) is 3.44. The van der Waals surface area contributed by atoms with Crippen molar-refractivity contribution in [3.63, 3.8) is 0 Å². The second kappa shape index (κ2) is 9.62. The van der Waals surface area contributed by atoms with Crippen LogP contribution < -0.4 is 4.74 Å². The van der Waals surface area contributed by atoms with Gasteiger partial charge in [-0.2, -0.15) is 0 Å². The van der Waals surface area contributed by atoms with Crippen molar-refractivity contribution in [2.45, 2.75) is 44.5 Å². The summed E-state index contributed by atoms with van der Waals surface area (Å²) in [5.74, 6) is 0.689. The fourth-order valence-electron chi connectivity index (χ4n) is 3.21. The maximum Gasteiger partial charge on any atom is 0.314 e. The Bertz CT molecular complexity index is 923. The minimum absolute atomic E-state index is 0.232. The molecule has 0 radical (unpaired) electrons. The van der Waals surface area contributed by atoms with Crippen LogP contribution in [0.5, 0.6) is 5.75 Å². The van der Waals surface area contributed by atoms with Crippen molar-refractivity contribution in [1.29, 1.82) is 0 Å². The number of carbonyl (C=O) groups excluding carboxylic acids is 1. The molecule has 1 heterocycles. The van der Waals surface area contributed by atoms with E-state index in [1.54, 1.807) is 57.3 Å². The van der Waals surface area contributed by atoms with E-state index in [0.29, 0.717) is 23.6 Å². The van der Waals surface area contributed by atoms with Gasteiger partial charge in [0.25, 0.3) is 0 Å². The third kappa shape index (κ3) is 5.51. The first-order valence-corrected chi connectivity index (χ1v) is 10.6. The molecule has 7 heteroatoms. The number of hydrogen-bond acceptors (Lipinski definition) is 5. The monoisotopic (exact) mass is 445 g/mol. The number of H-pyrrole nitrogens is 1. The highest BCUT2D eigenvalue weighted by atomic mass is 35.5. The standard InChI is InChI=1S/C24H28ClNO5/c1-4-29-22(28)23(2,3)21(27)20(19-11-8-16-26-19)30-17-12-14-24(25,15-13-17)31-18-9-6-5-7-10-18/h5-14,16,20-21,26-27H,4,15H2,1-3H3. The summed E-state index contributed by atoms with van der Waals surface area (Å²) >= 11 is 6.60. The zero-order valence-electron chi connectivity index (χ0n) is 17.9. The van der Waals surface area contributed by atoms with Gasteiger partial charge in [0.15, 0.2) is 6.10 Å². The summed E-state index contributed by atoms with van der Waals surface area (Å²) < 4.78 is 17.2. The van der Waals surface area contributed by atoms with E-state index >= 15 is 0 Å². The normalized spacial score (nSPS) is 20.5. The molecular weight excluding hydrogens is 418 g/mol. The molecule has 3 unspecified atom stereocenters. The van der Waals surface area contributed by atoms with E-state index in [1.807, 2.05) is 30.3 Å². The lowest BCUT2D eigenvalue weighted by Crippen LogP contribution is -2.43. The first kappa shape index (κ1) is 23.0. The second-order valence-electron chi connectivity index (χ2n) is 7.90. The molecule has 0 saturated heterocycles. The van der Waals surface area contributed by atoms with E-state index in [1.165, 1.54) is 0 Å². The summed E-state index contributed by atoms with van der Waals surface area (Å²) in [6.45, 7) is 5.23.